The van der Waals surface area contributed by atoms with Gasteiger partial charge in [-0.2, -0.15) is 0 Å². The molecule has 0 unspecified atom stereocenters. The lowest BCUT2D eigenvalue weighted by Crippen LogP contribution is -2.17. The molecule has 7 nitrogen and oxygen atoms in total. The first-order valence-electron chi connectivity index (χ1n) is 10.9. The van der Waals surface area contributed by atoms with Crippen LogP contribution in [0.2, 0.25) is 0 Å². The standard InChI is InChI=1S/C25H24N6OS/c1-3-7-18-20-22(25(32)30-15-28-20)31(21(18)23-16(4-2)10-13-33-23)12-11-26-24-17-8-5-6-9-19(17)27-14-29-24/h3,5-6,8-10,13-15H,1,4,7,11-12H2,2H3,(H,26,27,29)(H,28,30,32). The van der Waals surface area contributed by atoms with Crippen molar-refractivity contribution in [1.29, 1.82) is 0 Å². The molecule has 166 valence electrons. The van der Waals surface area contributed by atoms with Crippen molar-refractivity contribution in [2.45, 2.75) is 26.3 Å². The summed E-state index contributed by atoms with van der Waals surface area (Å²) in [4.78, 5) is 30.2. The van der Waals surface area contributed by atoms with E-state index in [2.05, 4.69) is 54.8 Å². The number of nitrogens with one attached hydrogen (secondary N) is 2. The van der Waals surface area contributed by atoms with E-state index in [9.17, 15) is 4.79 Å². The van der Waals surface area contributed by atoms with Gasteiger partial charge in [-0.1, -0.05) is 25.1 Å². The van der Waals surface area contributed by atoms with Crippen molar-refractivity contribution >= 4 is 39.1 Å². The van der Waals surface area contributed by atoms with Gasteiger partial charge in [-0.05, 0) is 42.0 Å². The second-order valence-corrected chi connectivity index (χ2v) is 8.61. The van der Waals surface area contributed by atoms with E-state index in [0.717, 1.165) is 39.9 Å². The van der Waals surface area contributed by atoms with Crippen molar-refractivity contribution in [1.82, 2.24) is 24.5 Å². The Morgan fingerprint density at radius 2 is 2.09 bits per heavy atom. The maximum absolute atomic E-state index is 12.9. The Kier molecular flexibility index (Phi) is 5.75. The van der Waals surface area contributed by atoms with Gasteiger partial charge >= 0.3 is 0 Å². The maximum atomic E-state index is 12.9. The number of para-hydroxylation sites is 1. The minimum Gasteiger partial charge on any atom is -0.368 e. The predicted octanol–water partition coefficient (Wildman–Crippen LogP) is 4.80. The van der Waals surface area contributed by atoms with Gasteiger partial charge in [0.05, 0.1) is 27.9 Å². The van der Waals surface area contributed by atoms with Crippen LogP contribution in [0, 0.1) is 0 Å². The number of fused-ring (bicyclic) bond motifs is 2. The molecule has 0 aliphatic heterocycles. The van der Waals surface area contributed by atoms with Crippen LogP contribution in [0.25, 0.3) is 32.5 Å². The average molecular weight is 457 g/mol. The molecule has 5 rings (SSSR count). The maximum Gasteiger partial charge on any atom is 0.275 e. The summed E-state index contributed by atoms with van der Waals surface area (Å²) in [6.45, 7) is 7.27. The average Bonchev–Trinajstić information content (AvgIpc) is 3.42. The molecule has 0 aliphatic carbocycles. The molecular formula is C25H24N6OS. The molecule has 4 aromatic heterocycles. The number of H-pyrrole nitrogens is 1. The molecule has 5 aromatic rings. The van der Waals surface area contributed by atoms with Crippen molar-refractivity contribution < 1.29 is 0 Å². The summed E-state index contributed by atoms with van der Waals surface area (Å²) in [7, 11) is 0. The molecule has 0 saturated carbocycles. The zero-order valence-corrected chi connectivity index (χ0v) is 19.2. The molecule has 8 heteroatoms. The molecule has 4 heterocycles. The van der Waals surface area contributed by atoms with Crippen LogP contribution >= 0.6 is 11.3 Å². The van der Waals surface area contributed by atoms with Gasteiger partial charge in [-0.25, -0.2) is 15.0 Å². The van der Waals surface area contributed by atoms with Crippen LogP contribution in [0.3, 0.4) is 0 Å². The minimum absolute atomic E-state index is 0.140. The lowest BCUT2D eigenvalue weighted by atomic mass is 10.1. The summed E-state index contributed by atoms with van der Waals surface area (Å²) in [5, 5.41) is 6.52. The van der Waals surface area contributed by atoms with Crippen LogP contribution in [0.5, 0.6) is 0 Å². The number of rotatable bonds is 8. The molecule has 0 atom stereocenters. The molecule has 1 aromatic carbocycles. The Bertz CT molecular complexity index is 1510. The molecule has 0 radical (unpaired) electrons. The van der Waals surface area contributed by atoms with Gasteiger partial charge in [0.2, 0.25) is 0 Å². The highest BCUT2D eigenvalue weighted by Crippen LogP contribution is 2.37. The second kappa shape index (κ2) is 8.99. The fourth-order valence-electron chi connectivity index (χ4n) is 4.33. The van der Waals surface area contributed by atoms with Crippen molar-refractivity contribution in [3.63, 3.8) is 0 Å². The SMILES string of the molecule is C=CCc1c(-c2sccc2CC)n(CCNc2ncnc3ccccc23)c2c(=O)[nH]cnc12. The minimum atomic E-state index is -0.140. The van der Waals surface area contributed by atoms with Crippen molar-refractivity contribution in [2.24, 2.45) is 0 Å². The Hall–Kier alpha value is -3.78. The zero-order chi connectivity index (χ0) is 22.8. The molecule has 0 spiro atoms. The van der Waals surface area contributed by atoms with Gasteiger partial charge < -0.3 is 14.9 Å². The number of aromatic nitrogens is 5. The highest BCUT2D eigenvalue weighted by Gasteiger charge is 2.23. The number of hydrogen-bond donors (Lipinski definition) is 2. The van der Waals surface area contributed by atoms with E-state index in [0.29, 0.717) is 25.0 Å². The van der Waals surface area contributed by atoms with E-state index in [1.165, 1.54) is 16.8 Å². The summed E-state index contributed by atoms with van der Waals surface area (Å²) < 4.78 is 2.10. The van der Waals surface area contributed by atoms with Crippen LogP contribution in [-0.4, -0.2) is 31.0 Å². The first-order valence-corrected chi connectivity index (χ1v) is 11.8. The van der Waals surface area contributed by atoms with E-state index >= 15 is 0 Å². The fourth-order valence-corrected chi connectivity index (χ4v) is 5.40. The van der Waals surface area contributed by atoms with Gasteiger partial charge in [0.25, 0.3) is 5.56 Å². The molecule has 0 amide bonds. The van der Waals surface area contributed by atoms with Gasteiger partial charge in [-0.15, -0.1) is 17.9 Å². The van der Waals surface area contributed by atoms with E-state index in [-0.39, 0.29) is 5.56 Å². The number of benzene rings is 1. The number of hydrogen-bond acceptors (Lipinski definition) is 6. The third-order valence-corrected chi connectivity index (χ3v) is 6.77. The topological polar surface area (TPSA) is 88.5 Å². The van der Waals surface area contributed by atoms with Gasteiger partial charge in [-0.3, -0.25) is 4.79 Å². The lowest BCUT2D eigenvalue weighted by Gasteiger charge is -2.14. The molecule has 0 saturated heterocycles. The lowest BCUT2D eigenvalue weighted by molar-refractivity contribution is 0.756. The van der Waals surface area contributed by atoms with Gasteiger partial charge in [0, 0.05) is 24.0 Å². The van der Waals surface area contributed by atoms with E-state index in [1.807, 2.05) is 30.3 Å². The van der Waals surface area contributed by atoms with Crippen LogP contribution in [0.4, 0.5) is 5.82 Å². The highest BCUT2D eigenvalue weighted by molar-refractivity contribution is 7.13. The smallest absolute Gasteiger partial charge is 0.275 e. The number of nitrogens with zero attached hydrogens (tertiary/aromatic N) is 4. The zero-order valence-electron chi connectivity index (χ0n) is 18.3. The predicted molar refractivity (Wildman–Crippen MR) is 135 cm³/mol. The van der Waals surface area contributed by atoms with E-state index < -0.39 is 0 Å². The number of aryl methyl sites for hydroxylation is 1. The Balaban J connectivity index is 1.60. The van der Waals surface area contributed by atoms with E-state index in [1.54, 1.807) is 17.7 Å². The summed E-state index contributed by atoms with van der Waals surface area (Å²) in [6, 6.07) is 10.1. The van der Waals surface area contributed by atoms with Crippen LogP contribution in [-0.2, 0) is 19.4 Å². The van der Waals surface area contributed by atoms with Crippen molar-refractivity contribution in [2.75, 3.05) is 11.9 Å². The summed E-state index contributed by atoms with van der Waals surface area (Å²) in [6.07, 6.45) is 6.47. The quantitative estimate of drug-likeness (QED) is 0.328. The van der Waals surface area contributed by atoms with Crippen molar-refractivity contribution in [3.8, 4) is 10.6 Å². The van der Waals surface area contributed by atoms with Crippen LogP contribution in [0.1, 0.15) is 18.1 Å². The van der Waals surface area contributed by atoms with Crippen molar-refractivity contribution in [3.05, 3.63) is 82.5 Å². The molecule has 33 heavy (non-hydrogen) atoms. The monoisotopic (exact) mass is 456 g/mol. The molecule has 0 fully saturated rings. The molecule has 0 bridgehead atoms. The Labute approximate surface area is 194 Å². The first-order chi connectivity index (χ1) is 16.2. The van der Waals surface area contributed by atoms with Gasteiger partial charge in [0.15, 0.2) is 0 Å². The largest absolute Gasteiger partial charge is 0.368 e. The number of aromatic amines is 1. The Morgan fingerprint density at radius 1 is 1.21 bits per heavy atom. The highest BCUT2D eigenvalue weighted by atomic mass is 32.1. The third kappa shape index (κ3) is 3.72. The fraction of sp³-hybridized carbons (Fsp3) is 0.200. The Morgan fingerprint density at radius 3 is 2.94 bits per heavy atom. The van der Waals surface area contributed by atoms with Crippen LogP contribution in [0.15, 0.2) is 65.8 Å². The molecular weight excluding hydrogens is 432 g/mol. The number of allylic oxidation sites excluding steroid dienone is 1. The first kappa shape index (κ1) is 21.1. The summed E-state index contributed by atoms with van der Waals surface area (Å²) >= 11 is 1.70. The summed E-state index contributed by atoms with van der Waals surface area (Å²) in [5.74, 6) is 0.780. The second-order valence-electron chi connectivity index (χ2n) is 7.70. The number of anilines is 1. The third-order valence-electron chi connectivity index (χ3n) is 5.80. The molecule has 2 N–H and O–H groups in total. The van der Waals surface area contributed by atoms with Crippen LogP contribution < -0.4 is 10.9 Å². The normalized spacial score (nSPS) is 11.3. The number of thiophene rings is 1. The van der Waals surface area contributed by atoms with Gasteiger partial charge in [0.1, 0.15) is 17.7 Å². The van der Waals surface area contributed by atoms with E-state index in [4.69, 9.17) is 0 Å². The molecule has 0 aliphatic rings. The summed E-state index contributed by atoms with van der Waals surface area (Å²) in [5.41, 5.74) is 5.43.